The lowest BCUT2D eigenvalue weighted by Gasteiger charge is -2.16. The molecule has 20 heavy (non-hydrogen) atoms. The molecular weight excluding hydrogens is 336 g/mol. The van der Waals surface area contributed by atoms with Crippen molar-refractivity contribution in [1.29, 1.82) is 5.26 Å². The molecule has 0 bridgehead atoms. The molecule has 0 heterocycles. The first-order valence-electron chi connectivity index (χ1n) is 6.27. The van der Waals surface area contributed by atoms with E-state index in [4.69, 9.17) is 16.9 Å². The molecule has 102 valence electrons. The lowest BCUT2D eigenvalue weighted by Crippen LogP contribution is -2.18. The Morgan fingerprint density at radius 2 is 1.95 bits per heavy atom. The minimum Gasteiger partial charge on any atom is -0.306 e. The summed E-state index contributed by atoms with van der Waals surface area (Å²) in [6.45, 7) is 2.82. The van der Waals surface area contributed by atoms with Gasteiger partial charge in [-0.3, -0.25) is 0 Å². The molecule has 0 radical (unpaired) electrons. The lowest BCUT2D eigenvalue weighted by molar-refractivity contribution is 0.575. The summed E-state index contributed by atoms with van der Waals surface area (Å²) in [7, 11) is 0. The van der Waals surface area contributed by atoms with Crippen LogP contribution < -0.4 is 5.32 Å². The van der Waals surface area contributed by atoms with Gasteiger partial charge in [-0.25, -0.2) is 0 Å². The van der Waals surface area contributed by atoms with E-state index in [1.54, 1.807) is 0 Å². The highest BCUT2D eigenvalue weighted by molar-refractivity contribution is 9.10. The summed E-state index contributed by atoms with van der Waals surface area (Å²) in [5.41, 5.74) is 2.89. The second-order valence-corrected chi connectivity index (χ2v) is 5.90. The number of halogens is 2. The van der Waals surface area contributed by atoms with Gasteiger partial charge in [0.2, 0.25) is 0 Å². The highest BCUT2D eigenvalue weighted by atomic mass is 79.9. The summed E-state index contributed by atoms with van der Waals surface area (Å²) in [4.78, 5) is 0. The van der Waals surface area contributed by atoms with E-state index in [9.17, 15) is 0 Å². The van der Waals surface area contributed by atoms with Crippen molar-refractivity contribution in [3.63, 3.8) is 0 Å². The van der Waals surface area contributed by atoms with E-state index in [2.05, 4.69) is 34.2 Å². The van der Waals surface area contributed by atoms with E-state index in [0.29, 0.717) is 5.56 Å². The molecule has 2 aromatic rings. The van der Waals surface area contributed by atoms with Crippen LogP contribution in [0.1, 0.15) is 29.7 Å². The van der Waals surface area contributed by atoms with E-state index in [1.807, 2.05) is 42.5 Å². The molecule has 4 heteroatoms. The molecule has 0 aliphatic heterocycles. The van der Waals surface area contributed by atoms with Gasteiger partial charge in [-0.1, -0.05) is 45.7 Å². The normalized spacial score (nSPS) is 11.9. The Bertz CT molecular complexity index is 632. The number of nitriles is 1. The van der Waals surface area contributed by atoms with Crippen LogP contribution in [-0.2, 0) is 6.54 Å². The van der Waals surface area contributed by atoms with Crippen LogP contribution in [0.4, 0.5) is 0 Å². The molecule has 0 amide bonds. The third-order valence-electron chi connectivity index (χ3n) is 3.12. The van der Waals surface area contributed by atoms with Gasteiger partial charge in [-0.2, -0.15) is 5.26 Å². The maximum Gasteiger partial charge on any atom is 0.0991 e. The molecule has 0 aliphatic rings. The summed E-state index contributed by atoms with van der Waals surface area (Å²) in [5.74, 6) is 0. The van der Waals surface area contributed by atoms with Crippen molar-refractivity contribution in [2.45, 2.75) is 19.5 Å². The molecule has 0 spiro atoms. The van der Waals surface area contributed by atoms with Crippen molar-refractivity contribution in [3.05, 3.63) is 68.7 Å². The minimum absolute atomic E-state index is 0.159. The predicted molar refractivity (Wildman–Crippen MR) is 85.6 cm³/mol. The lowest BCUT2D eigenvalue weighted by atomic mass is 10.1. The maximum atomic E-state index is 8.76. The van der Waals surface area contributed by atoms with Crippen molar-refractivity contribution in [1.82, 2.24) is 5.32 Å². The SMILES string of the molecule is CC(NCc1ccc(C#N)cc1)c1ccc(Br)cc1Cl. The van der Waals surface area contributed by atoms with Gasteiger partial charge >= 0.3 is 0 Å². The van der Waals surface area contributed by atoms with Gasteiger partial charge in [0, 0.05) is 22.1 Å². The van der Waals surface area contributed by atoms with Gasteiger partial charge in [-0.05, 0) is 42.3 Å². The van der Waals surface area contributed by atoms with E-state index in [0.717, 1.165) is 27.2 Å². The Morgan fingerprint density at radius 1 is 1.25 bits per heavy atom. The Labute approximate surface area is 132 Å². The van der Waals surface area contributed by atoms with Gasteiger partial charge in [0.25, 0.3) is 0 Å². The van der Waals surface area contributed by atoms with Crippen LogP contribution in [0.5, 0.6) is 0 Å². The fourth-order valence-corrected chi connectivity index (χ4v) is 2.77. The molecule has 0 saturated carbocycles. The molecule has 1 N–H and O–H groups in total. The van der Waals surface area contributed by atoms with Crippen molar-refractivity contribution in [2.75, 3.05) is 0 Å². The molecule has 1 unspecified atom stereocenters. The summed E-state index contributed by atoms with van der Waals surface area (Å²) in [5, 5.41) is 12.9. The van der Waals surface area contributed by atoms with Crippen LogP contribution >= 0.6 is 27.5 Å². The van der Waals surface area contributed by atoms with Gasteiger partial charge in [0.15, 0.2) is 0 Å². The number of hydrogen-bond acceptors (Lipinski definition) is 2. The molecule has 2 rings (SSSR count). The van der Waals surface area contributed by atoms with Crippen molar-refractivity contribution in [2.24, 2.45) is 0 Å². The third kappa shape index (κ3) is 3.83. The average Bonchev–Trinajstić information content (AvgIpc) is 2.45. The first-order valence-corrected chi connectivity index (χ1v) is 7.44. The number of hydrogen-bond donors (Lipinski definition) is 1. The van der Waals surface area contributed by atoms with Gasteiger partial charge in [0.05, 0.1) is 11.6 Å². The first-order chi connectivity index (χ1) is 9.60. The summed E-state index contributed by atoms with van der Waals surface area (Å²) >= 11 is 9.64. The Balaban J connectivity index is 2.01. The van der Waals surface area contributed by atoms with E-state index in [1.165, 1.54) is 0 Å². The Kier molecular flexibility index (Phi) is 5.19. The van der Waals surface area contributed by atoms with E-state index in [-0.39, 0.29) is 6.04 Å². The van der Waals surface area contributed by atoms with Gasteiger partial charge in [-0.15, -0.1) is 0 Å². The average molecular weight is 350 g/mol. The van der Waals surface area contributed by atoms with Crippen molar-refractivity contribution in [3.8, 4) is 6.07 Å². The highest BCUT2D eigenvalue weighted by Crippen LogP contribution is 2.26. The Hall–Kier alpha value is -1.34. The summed E-state index contributed by atoms with van der Waals surface area (Å²) < 4.78 is 0.977. The monoisotopic (exact) mass is 348 g/mol. The predicted octanol–water partition coefficient (Wildman–Crippen LogP) is 4.82. The van der Waals surface area contributed by atoms with E-state index >= 15 is 0 Å². The topological polar surface area (TPSA) is 35.8 Å². The fraction of sp³-hybridized carbons (Fsp3) is 0.188. The molecule has 1 atom stereocenters. The zero-order valence-electron chi connectivity index (χ0n) is 11.0. The molecule has 2 aromatic carbocycles. The van der Waals surface area contributed by atoms with E-state index < -0.39 is 0 Å². The molecule has 0 saturated heterocycles. The van der Waals surface area contributed by atoms with Crippen LogP contribution in [0.3, 0.4) is 0 Å². The van der Waals surface area contributed by atoms with Crippen molar-refractivity contribution >= 4 is 27.5 Å². The Morgan fingerprint density at radius 3 is 2.55 bits per heavy atom. The van der Waals surface area contributed by atoms with Crippen LogP contribution in [0.15, 0.2) is 46.9 Å². The first kappa shape index (κ1) is 15.1. The summed E-state index contributed by atoms with van der Waals surface area (Å²) in [6, 6.07) is 15.8. The summed E-state index contributed by atoms with van der Waals surface area (Å²) in [6.07, 6.45) is 0. The van der Waals surface area contributed by atoms with Crippen LogP contribution in [0.2, 0.25) is 5.02 Å². The van der Waals surface area contributed by atoms with Gasteiger partial charge in [0.1, 0.15) is 0 Å². The molecule has 2 nitrogen and oxygen atoms in total. The standard InChI is InChI=1S/C16H14BrClN2/c1-11(15-7-6-14(17)8-16(15)18)20-10-13-4-2-12(9-19)3-5-13/h2-8,11,20H,10H2,1H3. The molecule has 0 aromatic heterocycles. The minimum atomic E-state index is 0.159. The van der Waals surface area contributed by atoms with Crippen molar-refractivity contribution < 1.29 is 0 Å². The number of nitrogens with one attached hydrogen (secondary N) is 1. The molecule has 0 aliphatic carbocycles. The molecule has 0 fully saturated rings. The molecular formula is C16H14BrClN2. The number of nitrogens with zero attached hydrogens (tertiary/aromatic N) is 1. The second-order valence-electron chi connectivity index (χ2n) is 4.58. The van der Waals surface area contributed by atoms with Crippen LogP contribution in [-0.4, -0.2) is 0 Å². The third-order valence-corrected chi connectivity index (χ3v) is 3.94. The zero-order chi connectivity index (χ0) is 14.5. The van der Waals surface area contributed by atoms with Crippen LogP contribution in [0.25, 0.3) is 0 Å². The second kappa shape index (κ2) is 6.90. The number of benzene rings is 2. The highest BCUT2D eigenvalue weighted by Gasteiger charge is 2.09. The maximum absolute atomic E-state index is 8.76. The van der Waals surface area contributed by atoms with Crippen LogP contribution in [0, 0.1) is 11.3 Å². The smallest absolute Gasteiger partial charge is 0.0991 e. The largest absolute Gasteiger partial charge is 0.306 e. The van der Waals surface area contributed by atoms with Gasteiger partial charge < -0.3 is 5.32 Å². The fourth-order valence-electron chi connectivity index (χ4n) is 1.93. The zero-order valence-corrected chi connectivity index (χ0v) is 13.4. The number of rotatable bonds is 4. The quantitative estimate of drug-likeness (QED) is 0.858.